The van der Waals surface area contributed by atoms with Crippen LogP contribution in [0.15, 0.2) is 47.4 Å². The molecule has 2 N–H and O–H groups in total. The summed E-state index contributed by atoms with van der Waals surface area (Å²) in [5, 5.41) is 9.39. The second-order valence-corrected chi connectivity index (χ2v) is 10.6. The molecule has 37 heavy (non-hydrogen) atoms. The molecule has 0 aliphatic carbocycles. The predicted molar refractivity (Wildman–Crippen MR) is 135 cm³/mol. The average molecular weight is 552 g/mol. The first-order valence-corrected chi connectivity index (χ1v) is 12.8. The third-order valence-electron chi connectivity index (χ3n) is 4.91. The fraction of sp³-hybridized carbons (Fsp3) is 0.292. The maximum atomic E-state index is 13.3. The number of aliphatic hydroxyl groups excluding tert-OH is 1. The molecule has 0 atom stereocenters. The number of nitrogens with one attached hydrogen (secondary N) is 1. The molecule has 0 bridgehead atoms. The number of ether oxygens (including phenoxy) is 4. The number of aliphatic hydroxyl groups is 1. The molecule has 198 valence electrons. The number of anilines is 1. The fourth-order valence-corrected chi connectivity index (χ4v) is 4.19. The van der Waals surface area contributed by atoms with Gasteiger partial charge in [-0.3, -0.25) is 9.52 Å². The second kappa shape index (κ2) is 11.6. The van der Waals surface area contributed by atoms with E-state index in [0.717, 1.165) is 5.56 Å². The van der Waals surface area contributed by atoms with Gasteiger partial charge in [-0.15, -0.1) is 0 Å². The summed E-state index contributed by atoms with van der Waals surface area (Å²) in [6, 6.07) is 10.4. The van der Waals surface area contributed by atoms with E-state index in [0.29, 0.717) is 5.75 Å². The molecular weight excluding hydrogens is 526 g/mol. The number of carbonyl (C=O) groups excluding carboxylic acids is 1. The van der Waals surface area contributed by atoms with E-state index < -0.39 is 28.5 Å². The molecule has 0 aliphatic heterocycles. The number of carbonyl (C=O) groups is 1. The molecule has 11 nitrogen and oxygen atoms in total. The van der Waals surface area contributed by atoms with Crippen molar-refractivity contribution >= 4 is 33.9 Å². The van der Waals surface area contributed by atoms with E-state index >= 15 is 0 Å². The summed E-state index contributed by atoms with van der Waals surface area (Å²) in [7, 11) is -2.76. The van der Waals surface area contributed by atoms with E-state index in [4.69, 9.17) is 30.5 Å². The van der Waals surface area contributed by atoms with Gasteiger partial charge in [0.2, 0.25) is 5.75 Å². The normalized spacial score (nSPS) is 11.5. The molecule has 0 fully saturated rings. The van der Waals surface area contributed by atoms with E-state index in [1.165, 1.54) is 31.4 Å². The van der Waals surface area contributed by atoms with Crippen molar-refractivity contribution in [1.29, 1.82) is 0 Å². The van der Waals surface area contributed by atoms with E-state index in [1.54, 1.807) is 18.2 Å². The van der Waals surface area contributed by atoms with Gasteiger partial charge in [0.25, 0.3) is 15.9 Å². The van der Waals surface area contributed by atoms with Crippen molar-refractivity contribution in [3.63, 3.8) is 0 Å². The predicted octanol–water partition coefficient (Wildman–Crippen LogP) is 3.94. The Labute approximate surface area is 219 Å². The quantitative estimate of drug-likeness (QED) is 0.336. The van der Waals surface area contributed by atoms with Gasteiger partial charge in [0.15, 0.2) is 5.82 Å². The average Bonchev–Trinajstić information content (AvgIpc) is 2.85. The molecule has 0 unspecified atom stereocenters. The molecule has 3 aromatic rings. The summed E-state index contributed by atoms with van der Waals surface area (Å²) in [5.41, 5.74) is 0.755. The van der Waals surface area contributed by atoms with Crippen LogP contribution in [0.3, 0.4) is 0 Å². The molecule has 0 spiro atoms. The lowest BCUT2D eigenvalue weighted by atomic mass is 9.87. The Bertz CT molecular complexity index is 1360. The molecule has 1 aromatic heterocycles. The zero-order valence-electron chi connectivity index (χ0n) is 20.5. The first-order chi connectivity index (χ1) is 17.5. The van der Waals surface area contributed by atoms with Crippen molar-refractivity contribution in [2.45, 2.75) is 31.1 Å². The Hall–Kier alpha value is -3.61. The Morgan fingerprint density at radius 2 is 1.81 bits per heavy atom. The number of hydrogen-bond acceptors (Lipinski definition) is 10. The first-order valence-electron chi connectivity index (χ1n) is 10.9. The van der Waals surface area contributed by atoms with E-state index in [2.05, 4.69) is 14.7 Å². The van der Waals surface area contributed by atoms with Crippen molar-refractivity contribution in [1.82, 2.24) is 9.97 Å². The van der Waals surface area contributed by atoms with Crippen LogP contribution >= 0.6 is 11.6 Å². The van der Waals surface area contributed by atoms with Gasteiger partial charge in [-0.05, 0) is 35.2 Å². The highest BCUT2D eigenvalue weighted by molar-refractivity contribution is 7.92. The molecular formula is C24H26ClN3O8S. The van der Waals surface area contributed by atoms with Crippen LogP contribution in [0.2, 0.25) is 5.02 Å². The number of aromatic nitrogens is 2. The van der Waals surface area contributed by atoms with E-state index in [1.807, 2.05) is 20.8 Å². The van der Waals surface area contributed by atoms with Crippen molar-refractivity contribution in [2.75, 3.05) is 25.0 Å². The van der Waals surface area contributed by atoms with Gasteiger partial charge >= 0.3 is 12.5 Å². The molecule has 13 heteroatoms. The minimum Gasteiger partial charge on any atom is -0.497 e. The number of nitrogens with zero attached hydrogens (tertiary/aromatic N) is 2. The van der Waals surface area contributed by atoms with Crippen LogP contribution in [-0.2, 0) is 20.2 Å². The Morgan fingerprint density at radius 3 is 2.41 bits per heavy atom. The van der Waals surface area contributed by atoms with Crippen LogP contribution in [0.5, 0.6) is 29.1 Å². The summed E-state index contributed by atoms with van der Waals surface area (Å²) >= 11 is 6.26. The number of methoxy groups -OCH3 is 1. The summed E-state index contributed by atoms with van der Waals surface area (Å²) in [5.74, 6) is -0.548. The van der Waals surface area contributed by atoms with Gasteiger partial charge in [-0.25, -0.2) is 8.42 Å². The highest BCUT2D eigenvalue weighted by Gasteiger charge is 2.26. The first kappa shape index (κ1) is 28.0. The largest absolute Gasteiger partial charge is 0.497 e. The van der Waals surface area contributed by atoms with Gasteiger partial charge in [0, 0.05) is 6.07 Å². The standard InChI is InChI=1S/C24H26ClN3O8S/c1-24(2,3)15-5-8-17(9-6-15)37(31,32)28-21-20(36-19-13-16(33-4)7-10-18(19)25)22(34-12-11-29)27-23(26-21)35-14-30/h5-10,13-14,29H,11-12H2,1-4H3,(H,26,27,28). The van der Waals surface area contributed by atoms with E-state index in [9.17, 15) is 18.3 Å². The van der Waals surface area contributed by atoms with Gasteiger partial charge in [-0.1, -0.05) is 44.5 Å². The zero-order valence-corrected chi connectivity index (χ0v) is 22.1. The SMILES string of the molecule is COc1ccc(Cl)c(Oc2c(NS(=O)(=O)c3ccc(C(C)(C)C)cc3)nc(OC=O)nc2OCCO)c1. The molecule has 2 aromatic carbocycles. The molecule has 0 aliphatic rings. The number of rotatable bonds is 11. The van der Waals surface area contributed by atoms with Gasteiger partial charge in [0.05, 0.1) is 23.6 Å². The molecule has 1 heterocycles. The second-order valence-electron chi connectivity index (χ2n) is 8.55. The van der Waals surface area contributed by atoms with Crippen molar-refractivity contribution in [3.05, 3.63) is 53.1 Å². The minimum absolute atomic E-state index is 0.0554. The number of benzene rings is 2. The van der Waals surface area contributed by atoms with Crippen LogP contribution in [-0.4, -0.2) is 50.3 Å². The monoisotopic (exact) mass is 551 g/mol. The highest BCUT2D eigenvalue weighted by atomic mass is 35.5. The van der Waals surface area contributed by atoms with Crippen molar-refractivity contribution in [3.8, 4) is 29.1 Å². The van der Waals surface area contributed by atoms with Gasteiger partial charge in [-0.2, -0.15) is 9.97 Å². The summed E-state index contributed by atoms with van der Waals surface area (Å²) in [6.07, 6.45) is 0. The lowest BCUT2D eigenvalue weighted by molar-refractivity contribution is -0.121. The molecule has 0 saturated carbocycles. The molecule has 3 rings (SSSR count). The lowest BCUT2D eigenvalue weighted by Crippen LogP contribution is -2.17. The summed E-state index contributed by atoms with van der Waals surface area (Å²) < 4.78 is 50.1. The van der Waals surface area contributed by atoms with Crippen LogP contribution in [0.1, 0.15) is 26.3 Å². The van der Waals surface area contributed by atoms with Gasteiger partial charge < -0.3 is 24.1 Å². The highest BCUT2D eigenvalue weighted by Crippen LogP contribution is 2.41. The van der Waals surface area contributed by atoms with Crippen LogP contribution in [0.25, 0.3) is 0 Å². The van der Waals surface area contributed by atoms with Crippen molar-refractivity contribution in [2.24, 2.45) is 0 Å². The van der Waals surface area contributed by atoms with E-state index in [-0.39, 0.29) is 45.8 Å². The smallest absolute Gasteiger partial charge is 0.329 e. The van der Waals surface area contributed by atoms with Crippen LogP contribution in [0, 0.1) is 0 Å². The number of sulfonamides is 1. The Morgan fingerprint density at radius 1 is 1.11 bits per heavy atom. The summed E-state index contributed by atoms with van der Waals surface area (Å²) in [4.78, 5) is 18.8. The lowest BCUT2D eigenvalue weighted by Gasteiger charge is -2.19. The Kier molecular flexibility index (Phi) is 8.79. The third kappa shape index (κ3) is 7.00. The van der Waals surface area contributed by atoms with Crippen LogP contribution in [0.4, 0.5) is 5.82 Å². The molecule has 0 radical (unpaired) electrons. The number of hydrogen-bond donors (Lipinski definition) is 2. The zero-order chi connectivity index (χ0) is 27.2. The molecule has 0 saturated heterocycles. The number of halogens is 1. The third-order valence-corrected chi connectivity index (χ3v) is 6.58. The maximum Gasteiger partial charge on any atom is 0.329 e. The topological polar surface area (TPSA) is 146 Å². The maximum absolute atomic E-state index is 13.3. The van der Waals surface area contributed by atoms with Gasteiger partial charge in [0.1, 0.15) is 18.1 Å². The Balaban J connectivity index is 2.12. The minimum atomic E-state index is -4.21. The fourth-order valence-electron chi connectivity index (χ4n) is 3.03. The van der Waals surface area contributed by atoms with Crippen molar-refractivity contribution < 1.29 is 37.3 Å². The van der Waals surface area contributed by atoms with Crippen LogP contribution < -0.4 is 23.7 Å². The molecule has 0 amide bonds. The summed E-state index contributed by atoms with van der Waals surface area (Å²) in [6.45, 7) is 5.45.